The molecule has 0 aliphatic heterocycles. The molecule has 1 fully saturated rings. The molecule has 1 aromatic heterocycles. The smallest absolute Gasteiger partial charge is 0.145 e. The minimum atomic E-state index is 0.280. The molecule has 0 spiro atoms. The number of rotatable bonds is 3. The minimum Gasteiger partial charge on any atom is -0.366 e. The summed E-state index contributed by atoms with van der Waals surface area (Å²) in [7, 11) is 0. The summed E-state index contributed by atoms with van der Waals surface area (Å²) in [5.41, 5.74) is 3.11. The lowest BCUT2D eigenvalue weighted by Crippen LogP contribution is -2.14. The minimum absolute atomic E-state index is 0.280. The van der Waals surface area contributed by atoms with Gasteiger partial charge in [0.05, 0.1) is 0 Å². The van der Waals surface area contributed by atoms with Gasteiger partial charge < -0.3 is 10.7 Å². The predicted molar refractivity (Wildman–Crippen MR) is 69.6 cm³/mol. The van der Waals surface area contributed by atoms with E-state index in [1.165, 1.54) is 0 Å². The van der Waals surface area contributed by atoms with E-state index >= 15 is 0 Å². The van der Waals surface area contributed by atoms with Gasteiger partial charge >= 0.3 is 0 Å². The van der Waals surface area contributed by atoms with Crippen molar-refractivity contribution in [1.29, 1.82) is 0 Å². The molecule has 0 amide bonds. The van der Waals surface area contributed by atoms with Gasteiger partial charge in [-0.1, -0.05) is 27.7 Å². The first-order chi connectivity index (χ1) is 7.79. The van der Waals surface area contributed by atoms with Crippen LogP contribution in [0.2, 0.25) is 0 Å². The summed E-state index contributed by atoms with van der Waals surface area (Å²) in [6, 6.07) is 2.26. The van der Waals surface area contributed by atoms with E-state index in [9.17, 15) is 0 Å². The first-order valence-electron chi connectivity index (χ1n) is 5.88. The average molecular weight is 235 g/mol. The van der Waals surface area contributed by atoms with Crippen molar-refractivity contribution < 1.29 is 0 Å². The molecular formula is C12H21N5. The SMILES string of the molecule is Cc1nc(NN)cc(NC2C(C)(C)C2(C)C)n1. The summed E-state index contributed by atoms with van der Waals surface area (Å²) in [5, 5.41) is 3.47. The van der Waals surface area contributed by atoms with Gasteiger partial charge in [-0.3, -0.25) is 0 Å². The molecule has 2 rings (SSSR count). The van der Waals surface area contributed by atoms with Crippen LogP contribution in [0.4, 0.5) is 11.6 Å². The Hall–Kier alpha value is -1.36. The molecule has 0 aromatic carbocycles. The predicted octanol–water partition coefficient (Wildman–Crippen LogP) is 1.92. The van der Waals surface area contributed by atoms with E-state index in [2.05, 4.69) is 48.4 Å². The molecule has 94 valence electrons. The third kappa shape index (κ3) is 1.84. The van der Waals surface area contributed by atoms with Crippen molar-refractivity contribution in [3.8, 4) is 0 Å². The van der Waals surface area contributed by atoms with Gasteiger partial charge in [0, 0.05) is 12.1 Å². The highest BCUT2D eigenvalue weighted by atomic mass is 15.3. The number of nitrogens with two attached hydrogens (primary N) is 1. The molecule has 1 aliphatic carbocycles. The maximum absolute atomic E-state index is 5.37. The highest BCUT2D eigenvalue weighted by Crippen LogP contribution is 2.63. The van der Waals surface area contributed by atoms with Crippen LogP contribution in [0.1, 0.15) is 33.5 Å². The van der Waals surface area contributed by atoms with Gasteiger partial charge in [0.15, 0.2) is 0 Å². The molecule has 1 heterocycles. The molecule has 0 unspecified atom stereocenters. The molecule has 17 heavy (non-hydrogen) atoms. The fraction of sp³-hybridized carbons (Fsp3) is 0.667. The van der Waals surface area contributed by atoms with E-state index in [1.54, 1.807) is 0 Å². The van der Waals surface area contributed by atoms with Crippen LogP contribution in [0.25, 0.3) is 0 Å². The maximum Gasteiger partial charge on any atom is 0.145 e. The van der Waals surface area contributed by atoms with Gasteiger partial charge in [-0.05, 0) is 17.8 Å². The molecule has 0 atom stereocenters. The van der Waals surface area contributed by atoms with Crippen LogP contribution in [0.3, 0.4) is 0 Å². The summed E-state index contributed by atoms with van der Waals surface area (Å²) in [6.07, 6.45) is 0. The van der Waals surface area contributed by atoms with Crippen LogP contribution in [-0.4, -0.2) is 16.0 Å². The first-order valence-corrected chi connectivity index (χ1v) is 5.88. The third-order valence-corrected chi connectivity index (χ3v) is 4.30. The largest absolute Gasteiger partial charge is 0.366 e. The fourth-order valence-electron chi connectivity index (χ4n) is 2.42. The number of hydrazine groups is 1. The van der Waals surface area contributed by atoms with Gasteiger partial charge in [0.25, 0.3) is 0 Å². The van der Waals surface area contributed by atoms with E-state index in [0.717, 1.165) is 5.82 Å². The molecule has 4 N–H and O–H groups in total. The quantitative estimate of drug-likeness (QED) is 0.551. The fourth-order valence-corrected chi connectivity index (χ4v) is 2.42. The van der Waals surface area contributed by atoms with Crippen LogP contribution < -0.4 is 16.6 Å². The topological polar surface area (TPSA) is 75.9 Å². The number of aryl methyl sites for hydroxylation is 1. The summed E-state index contributed by atoms with van der Waals surface area (Å²) in [6.45, 7) is 10.9. The van der Waals surface area contributed by atoms with Crippen LogP contribution in [0.5, 0.6) is 0 Å². The number of aromatic nitrogens is 2. The van der Waals surface area contributed by atoms with Crippen LogP contribution in [0, 0.1) is 17.8 Å². The van der Waals surface area contributed by atoms with Crippen molar-refractivity contribution in [1.82, 2.24) is 9.97 Å². The molecule has 1 aromatic rings. The molecule has 1 saturated carbocycles. The molecular weight excluding hydrogens is 214 g/mol. The Bertz CT molecular complexity index is 425. The zero-order valence-corrected chi connectivity index (χ0v) is 11.1. The van der Waals surface area contributed by atoms with Crippen LogP contribution >= 0.6 is 0 Å². The van der Waals surface area contributed by atoms with E-state index in [4.69, 9.17) is 5.84 Å². The highest BCUT2D eigenvalue weighted by Gasteiger charge is 2.65. The Kier molecular flexibility index (Phi) is 2.54. The van der Waals surface area contributed by atoms with E-state index < -0.39 is 0 Å². The zero-order chi connectivity index (χ0) is 12.8. The third-order valence-electron chi connectivity index (χ3n) is 4.30. The van der Waals surface area contributed by atoms with Crippen molar-refractivity contribution >= 4 is 11.6 Å². The average Bonchev–Trinajstić information content (AvgIpc) is 2.60. The number of hydrogen-bond donors (Lipinski definition) is 3. The van der Waals surface area contributed by atoms with Crippen LogP contribution in [0.15, 0.2) is 6.07 Å². The second kappa shape index (κ2) is 3.57. The molecule has 5 nitrogen and oxygen atoms in total. The standard InChI is InChI=1S/C12H21N5/c1-7-14-8(6-9(15-7)17-13)16-10-11(2,3)12(10,4)5/h6,10H,13H2,1-5H3,(H2,14,15,16,17). The first kappa shape index (κ1) is 12.1. The van der Waals surface area contributed by atoms with Gasteiger partial charge in [-0.25, -0.2) is 15.8 Å². The van der Waals surface area contributed by atoms with Crippen molar-refractivity contribution in [3.63, 3.8) is 0 Å². The number of nitrogens with zero attached hydrogens (tertiary/aromatic N) is 2. The second-order valence-electron chi connectivity index (χ2n) is 5.85. The second-order valence-corrected chi connectivity index (χ2v) is 5.85. The lowest BCUT2D eigenvalue weighted by Gasteiger charge is -2.09. The zero-order valence-electron chi connectivity index (χ0n) is 11.1. The number of nitrogen functional groups attached to an aromatic ring is 1. The van der Waals surface area contributed by atoms with Gasteiger partial charge in [-0.2, -0.15) is 0 Å². The van der Waals surface area contributed by atoms with Crippen molar-refractivity contribution in [2.24, 2.45) is 16.7 Å². The molecule has 0 saturated heterocycles. The van der Waals surface area contributed by atoms with Gasteiger partial charge in [-0.15, -0.1) is 0 Å². The Morgan fingerprint density at radius 3 is 2.12 bits per heavy atom. The summed E-state index contributed by atoms with van der Waals surface area (Å²) in [5.74, 6) is 7.54. The van der Waals surface area contributed by atoms with Gasteiger partial charge in [0.1, 0.15) is 17.5 Å². The normalized spacial score (nSPS) is 21.1. The maximum atomic E-state index is 5.37. The van der Waals surface area contributed by atoms with E-state index in [-0.39, 0.29) is 10.8 Å². The summed E-state index contributed by atoms with van der Waals surface area (Å²) in [4.78, 5) is 8.54. The van der Waals surface area contributed by atoms with Crippen LogP contribution in [-0.2, 0) is 0 Å². The lowest BCUT2D eigenvalue weighted by molar-refractivity contribution is 0.457. The molecule has 1 aliphatic rings. The number of anilines is 2. The number of nitrogens with one attached hydrogen (secondary N) is 2. The van der Waals surface area contributed by atoms with Gasteiger partial charge in [0.2, 0.25) is 0 Å². The molecule has 0 radical (unpaired) electrons. The Labute approximate surface area is 102 Å². The highest BCUT2D eigenvalue weighted by molar-refractivity contribution is 5.49. The summed E-state index contributed by atoms with van der Waals surface area (Å²) < 4.78 is 0. The molecule has 0 bridgehead atoms. The Morgan fingerprint density at radius 1 is 1.12 bits per heavy atom. The summed E-state index contributed by atoms with van der Waals surface area (Å²) >= 11 is 0. The van der Waals surface area contributed by atoms with E-state index in [1.807, 2.05) is 13.0 Å². The Morgan fingerprint density at radius 2 is 1.65 bits per heavy atom. The molecule has 5 heteroatoms. The van der Waals surface area contributed by atoms with Crippen molar-refractivity contribution in [2.45, 2.75) is 40.7 Å². The van der Waals surface area contributed by atoms with Crippen molar-refractivity contribution in [3.05, 3.63) is 11.9 Å². The number of hydrogen-bond acceptors (Lipinski definition) is 5. The van der Waals surface area contributed by atoms with Crippen molar-refractivity contribution in [2.75, 3.05) is 10.7 Å². The monoisotopic (exact) mass is 235 g/mol. The lowest BCUT2D eigenvalue weighted by atomic mass is 10.0. The Balaban J connectivity index is 2.18. The van der Waals surface area contributed by atoms with E-state index in [0.29, 0.717) is 17.7 Å².